The maximum absolute atomic E-state index is 11.6. The summed E-state index contributed by atoms with van der Waals surface area (Å²) in [5.41, 5.74) is 7.28. The van der Waals surface area contributed by atoms with E-state index < -0.39 is 5.97 Å². The van der Waals surface area contributed by atoms with Gasteiger partial charge < -0.3 is 15.5 Å². The van der Waals surface area contributed by atoms with Crippen molar-refractivity contribution in [3.63, 3.8) is 0 Å². The van der Waals surface area contributed by atoms with Crippen LogP contribution in [0, 0.1) is 0 Å². The van der Waals surface area contributed by atoms with Crippen LogP contribution in [-0.4, -0.2) is 22.5 Å². The summed E-state index contributed by atoms with van der Waals surface area (Å²) < 4.78 is 4.90. The van der Waals surface area contributed by atoms with Crippen molar-refractivity contribution < 1.29 is 9.53 Å². The Bertz CT molecular complexity index is 504. The number of aromatic amines is 1. The second-order valence-corrected chi connectivity index (χ2v) is 3.03. The standard InChI is InChI=1S/C10H11N3O2/c1-2-15-10(14)7-8-6(13-9(7)11)4-3-5-12-8/h3-5,13H,2,11H2,1H3. The highest BCUT2D eigenvalue weighted by Crippen LogP contribution is 2.22. The summed E-state index contributed by atoms with van der Waals surface area (Å²) in [6, 6.07) is 3.58. The van der Waals surface area contributed by atoms with E-state index in [-0.39, 0.29) is 0 Å². The number of rotatable bonds is 2. The first-order valence-corrected chi connectivity index (χ1v) is 4.63. The van der Waals surface area contributed by atoms with Gasteiger partial charge in [-0.1, -0.05) is 0 Å². The van der Waals surface area contributed by atoms with Crippen molar-refractivity contribution >= 4 is 22.8 Å². The predicted octanol–water partition coefficient (Wildman–Crippen LogP) is 1.32. The van der Waals surface area contributed by atoms with Crippen LogP contribution in [0.5, 0.6) is 0 Å². The van der Waals surface area contributed by atoms with Crippen LogP contribution >= 0.6 is 0 Å². The lowest BCUT2D eigenvalue weighted by Crippen LogP contribution is -2.07. The highest BCUT2D eigenvalue weighted by Gasteiger charge is 2.18. The van der Waals surface area contributed by atoms with E-state index in [0.29, 0.717) is 23.5 Å². The van der Waals surface area contributed by atoms with Gasteiger partial charge in [-0.25, -0.2) is 4.79 Å². The number of fused-ring (bicyclic) bond motifs is 1. The molecule has 0 aliphatic rings. The monoisotopic (exact) mass is 205 g/mol. The van der Waals surface area contributed by atoms with E-state index in [2.05, 4.69) is 9.97 Å². The summed E-state index contributed by atoms with van der Waals surface area (Å²) in [7, 11) is 0. The van der Waals surface area contributed by atoms with Crippen molar-refractivity contribution in [1.29, 1.82) is 0 Å². The predicted molar refractivity (Wildman–Crippen MR) is 56.5 cm³/mol. The van der Waals surface area contributed by atoms with Crippen LogP contribution in [0.4, 0.5) is 5.82 Å². The molecule has 78 valence electrons. The molecule has 2 aromatic heterocycles. The molecule has 2 rings (SSSR count). The average molecular weight is 205 g/mol. The minimum absolute atomic E-state index is 0.294. The van der Waals surface area contributed by atoms with Crippen molar-refractivity contribution in [3.05, 3.63) is 23.9 Å². The first-order valence-electron chi connectivity index (χ1n) is 4.63. The molecule has 3 N–H and O–H groups in total. The fraction of sp³-hybridized carbons (Fsp3) is 0.200. The minimum atomic E-state index is -0.444. The van der Waals surface area contributed by atoms with Crippen LogP contribution in [0.1, 0.15) is 17.3 Å². The van der Waals surface area contributed by atoms with Crippen LogP contribution < -0.4 is 5.73 Å². The summed E-state index contributed by atoms with van der Waals surface area (Å²) in [5.74, 6) is -0.151. The molecule has 0 spiro atoms. The Hall–Kier alpha value is -2.04. The van der Waals surface area contributed by atoms with Gasteiger partial charge in [0.05, 0.1) is 12.1 Å². The largest absolute Gasteiger partial charge is 0.462 e. The Kier molecular flexibility index (Phi) is 2.29. The third-order valence-corrected chi connectivity index (χ3v) is 2.06. The molecule has 15 heavy (non-hydrogen) atoms. The first kappa shape index (κ1) is 9.51. The number of pyridine rings is 1. The number of hydrogen-bond donors (Lipinski definition) is 2. The Morgan fingerprint density at radius 3 is 3.20 bits per heavy atom. The number of anilines is 1. The van der Waals surface area contributed by atoms with Crippen molar-refractivity contribution in [2.45, 2.75) is 6.92 Å². The van der Waals surface area contributed by atoms with Gasteiger partial charge in [0.25, 0.3) is 0 Å². The minimum Gasteiger partial charge on any atom is -0.462 e. The average Bonchev–Trinajstić information content (AvgIpc) is 2.54. The Labute approximate surface area is 86.3 Å². The summed E-state index contributed by atoms with van der Waals surface area (Å²) in [6.07, 6.45) is 1.61. The van der Waals surface area contributed by atoms with Crippen LogP contribution in [-0.2, 0) is 4.74 Å². The van der Waals surface area contributed by atoms with E-state index in [1.165, 1.54) is 0 Å². The zero-order valence-electron chi connectivity index (χ0n) is 8.28. The zero-order chi connectivity index (χ0) is 10.8. The lowest BCUT2D eigenvalue weighted by molar-refractivity contribution is 0.0530. The quantitative estimate of drug-likeness (QED) is 0.724. The van der Waals surface area contributed by atoms with Gasteiger partial charge in [0.15, 0.2) is 0 Å². The van der Waals surface area contributed by atoms with Crippen LogP contribution in [0.2, 0.25) is 0 Å². The molecule has 0 radical (unpaired) electrons. The molecule has 0 atom stereocenters. The fourth-order valence-electron chi connectivity index (χ4n) is 1.45. The maximum Gasteiger partial charge on any atom is 0.344 e. The van der Waals surface area contributed by atoms with Crippen LogP contribution in [0.3, 0.4) is 0 Å². The Morgan fingerprint density at radius 2 is 2.47 bits per heavy atom. The van der Waals surface area contributed by atoms with Gasteiger partial charge >= 0.3 is 5.97 Å². The normalized spacial score (nSPS) is 10.5. The molecular weight excluding hydrogens is 194 g/mol. The molecule has 5 nitrogen and oxygen atoms in total. The number of nitrogens with zero attached hydrogens (tertiary/aromatic N) is 1. The third-order valence-electron chi connectivity index (χ3n) is 2.06. The van der Waals surface area contributed by atoms with Gasteiger partial charge in [0, 0.05) is 6.20 Å². The highest BCUT2D eigenvalue weighted by molar-refractivity contribution is 6.07. The molecule has 0 unspecified atom stereocenters. The van der Waals surface area contributed by atoms with Gasteiger partial charge in [0.1, 0.15) is 16.9 Å². The first-order chi connectivity index (χ1) is 7.24. The lowest BCUT2D eigenvalue weighted by atomic mass is 10.2. The van der Waals surface area contributed by atoms with Crippen molar-refractivity contribution in [2.24, 2.45) is 0 Å². The smallest absolute Gasteiger partial charge is 0.344 e. The van der Waals surface area contributed by atoms with Crippen LogP contribution in [0.15, 0.2) is 18.3 Å². The van der Waals surface area contributed by atoms with E-state index in [0.717, 1.165) is 5.52 Å². The second kappa shape index (κ2) is 3.61. The number of carbonyl (C=O) groups is 1. The molecule has 0 aliphatic carbocycles. The molecule has 2 aromatic rings. The third kappa shape index (κ3) is 1.52. The summed E-state index contributed by atoms with van der Waals surface area (Å²) in [5, 5.41) is 0. The molecule has 0 amide bonds. The van der Waals surface area contributed by atoms with Gasteiger partial charge in [-0.2, -0.15) is 0 Å². The summed E-state index contributed by atoms with van der Waals surface area (Å²) in [6.45, 7) is 2.06. The number of hydrogen-bond acceptors (Lipinski definition) is 4. The van der Waals surface area contributed by atoms with E-state index in [4.69, 9.17) is 10.5 Å². The van der Waals surface area contributed by atoms with E-state index >= 15 is 0 Å². The molecule has 0 aliphatic heterocycles. The van der Waals surface area contributed by atoms with Gasteiger partial charge in [-0.3, -0.25) is 4.98 Å². The molecular formula is C10H11N3O2. The molecule has 2 heterocycles. The topological polar surface area (TPSA) is 81.0 Å². The Morgan fingerprint density at radius 1 is 1.67 bits per heavy atom. The molecule has 0 aromatic carbocycles. The van der Waals surface area contributed by atoms with Gasteiger partial charge in [-0.15, -0.1) is 0 Å². The van der Waals surface area contributed by atoms with Crippen molar-refractivity contribution in [3.8, 4) is 0 Å². The lowest BCUT2D eigenvalue weighted by Gasteiger charge is -1.99. The second-order valence-electron chi connectivity index (χ2n) is 3.03. The molecule has 0 saturated heterocycles. The van der Waals surface area contributed by atoms with Crippen molar-refractivity contribution in [2.75, 3.05) is 12.3 Å². The fourth-order valence-corrected chi connectivity index (χ4v) is 1.45. The molecule has 0 saturated carbocycles. The molecule has 0 bridgehead atoms. The van der Waals surface area contributed by atoms with Crippen molar-refractivity contribution in [1.82, 2.24) is 9.97 Å². The maximum atomic E-state index is 11.6. The summed E-state index contributed by atoms with van der Waals surface area (Å²) >= 11 is 0. The molecule has 5 heteroatoms. The van der Waals surface area contributed by atoms with E-state index in [9.17, 15) is 4.79 Å². The number of esters is 1. The van der Waals surface area contributed by atoms with Gasteiger partial charge in [0.2, 0.25) is 0 Å². The molecule has 0 fully saturated rings. The highest BCUT2D eigenvalue weighted by atomic mass is 16.5. The Balaban J connectivity index is 2.58. The van der Waals surface area contributed by atoms with E-state index in [1.807, 2.05) is 0 Å². The number of nitrogens with one attached hydrogen (secondary N) is 1. The number of nitrogens with two attached hydrogens (primary N) is 1. The zero-order valence-corrected chi connectivity index (χ0v) is 8.28. The number of ether oxygens (including phenoxy) is 1. The number of H-pyrrole nitrogens is 1. The summed E-state index contributed by atoms with van der Waals surface area (Å²) in [4.78, 5) is 18.6. The van der Waals surface area contributed by atoms with Gasteiger partial charge in [-0.05, 0) is 19.1 Å². The SMILES string of the molecule is CCOC(=O)c1c(N)[nH]c2cccnc12. The van der Waals surface area contributed by atoms with E-state index in [1.54, 1.807) is 25.3 Å². The van der Waals surface area contributed by atoms with Crippen LogP contribution in [0.25, 0.3) is 11.0 Å². The number of carbonyl (C=O) groups excluding carboxylic acids is 1. The number of nitrogen functional groups attached to an aromatic ring is 1. The number of aromatic nitrogens is 2.